The molecule has 1 N–H and O–H groups in total. The molecule has 2 aromatic heterocycles. The first-order valence-electron chi connectivity index (χ1n) is 7.81. The SMILES string of the molecule is COc1ccc(C(=O)C[n+]2ccc3c(c2)[nH]c2ccccc23)cc1.[Br-]. The van der Waals surface area contributed by atoms with Gasteiger partial charge in [0, 0.05) is 27.9 Å². The number of Topliss-reactive ketones (excluding diaryl/α,β-unsaturated/α-hetero) is 1. The van der Waals surface area contributed by atoms with Gasteiger partial charge in [0.15, 0.2) is 12.4 Å². The molecule has 4 rings (SSSR count). The molecule has 0 spiro atoms. The summed E-state index contributed by atoms with van der Waals surface area (Å²) in [6.45, 7) is 0.303. The highest BCUT2D eigenvalue weighted by Crippen LogP contribution is 2.23. The first-order valence-corrected chi connectivity index (χ1v) is 7.81. The van der Waals surface area contributed by atoms with E-state index >= 15 is 0 Å². The third kappa shape index (κ3) is 3.28. The van der Waals surface area contributed by atoms with Gasteiger partial charge in [-0.25, -0.2) is 0 Å². The van der Waals surface area contributed by atoms with Crippen LogP contribution in [0.25, 0.3) is 21.8 Å². The number of benzene rings is 2. The largest absolute Gasteiger partial charge is 1.00 e. The lowest BCUT2D eigenvalue weighted by Crippen LogP contribution is -3.00. The molecule has 0 fully saturated rings. The topological polar surface area (TPSA) is 46.0 Å². The van der Waals surface area contributed by atoms with Gasteiger partial charge in [0.25, 0.3) is 0 Å². The van der Waals surface area contributed by atoms with Crippen LogP contribution in [0, 0.1) is 0 Å². The number of ketones is 1. The van der Waals surface area contributed by atoms with Crippen LogP contribution in [-0.4, -0.2) is 17.9 Å². The van der Waals surface area contributed by atoms with Crippen LogP contribution in [0.1, 0.15) is 10.4 Å². The van der Waals surface area contributed by atoms with E-state index in [0.29, 0.717) is 12.1 Å². The summed E-state index contributed by atoms with van der Waals surface area (Å²) in [5.74, 6) is 0.816. The maximum atomic E-state index is 12.5. The van der Waals surface area contributed by atoms with Crippen LogP contribution in [0.4, 0.5) is 0 Å². The van der Waals surface area contributed by atoms with E-state index in [-0.39, 0.29) is 22.8 Å². The summed E-state index contributed by atoms with van der Waals surface area (Å²) < 4.78 is 7.03. The number of nitrogens with one attached hydrogen (secondary N) is 1. The van der Waals surface area contributed by atoms with Gasteiger partial charge in [-0.05, 0) is 30.3 Å². The Labute approximate surface area is 155 Å². The van der Waals surface area contributed by atoms with Gasteiger partial charge in [0.2, 0.25) is 12.3 Å². The van der Waals surface area contributed by atoms with Crippen molar-refractivity contribution in [2.75, 3.05) is 7.11 Å². The van der Waals surface area contributed by atoms with Crippen LogP contribution < -0.4 is 26.3 Å². The number of carbonyl (C=O) groups is 1. The molecular formula is C20H17BrN2O2. The fourth-order valence-electron chi connectivity index (χ4n) is 2.98. The number of H-pyrrole nitrogens is 1. The monoisotopic (exact) mass is 396 g/mol. The van der Waals surface area contributed by atoms with Crippen LogP contribution in [-0.2, 0) is 6.54 Å². The Hall–Kier alpha value is -2.66. The molecule has 0 atom stereocenters. The maximum Gasteiger partial charge on any atom is 0.227 e. The molecule has 126 valence electrons. The van der Waals surface area contributed by atoms with Crippen LogP contribution in [0.15, 0.2) is 67.0 Å². The maximum absolute atomic E-state index is 12.5. The minimum absolute atomic E-state index is 0. The van der Waals surface area contributed by atoms with Crippen molar-refractivity contribution in [1.82, 2.24) is 4.98 Å². The summed E-state index contributed by atoms with van der Waals surface area (Å²) >= 11 is 0. The first kappa shape index (κ1) is 17.2. The number of aromatic amines is 1. The zero-order chi connectivity index (χ0) is 16.5. The lowest BCUT2D eigenvalue weighted by Gasteiger charge is -2.01. The van der Waals surface area contributed by atoms with Crippen molar-refractivity contribution < 1.29 is 31.1 Å². The van der Waals surface area contributed by atoms with Crippen molar-refractivity contribution in [3.63, 3.8) is 0 Å². The standard InChI is InChI=1S/C20H16N2O2.BrH/c1-24-15-8-6-14(7-9-15)20(23)13-22-11-10-17-16-4-2-3-5-18(16)21-19(17)12-22;/h2-12H,13H2,1H3;1H. The molecule has 0 aliphatic carbocycles. The molecule has 25 heavy (non-hydrogen) atoms. The molecule has 0 aliphatic heterocycles. The molecule has 4 nitrogen and oxygen atoms in total. The van der Waals surface area contributed by atoms with Crippen molar-refractivity contribution in [2.24, 2.45) is 0 Å². The number of hydrogen-bond donors (Lipinski definition) is 1. The van der Waals surface area contributed by atoms with Crippen molar-refractivity contribution >= 4 is 27.6 Å². The number of methoxy groups -OCH3 is 1. The van der Waals surface area contributed by atoms with E-state index in [1.54, 1.807) is 31.4 Å². The van der Waals surface area contributed by atoms with E-state index in [1.807, 2.05) is 29.1 Å². The van der Waals surface area contributed by atoms with Gasteiger partial charge < -0.3 is 26.7 Å². The molecule has 0 saturated carbocycles. The number of rotatable bonds is 4. The van der Waals surface area contributed by atoms with Gasteiger partial charge in [0.05, 0.1) is 7.11 Å². The van der Waals surface area contributed by atoms with E-state index in [0.717, 1.165) is 16.8 Å². The Morgan fingerprint density at radius 3 is 2.48 bits per heavy atom. The Morgan fingerprint density at radius 1 is 1.00 bits per heavy atom. The second kappa shape index (κ2) is 7.07. The summed E-state index contributed by atoms with van der Waals surface area (Å²) in [6.07, 6.45) is 3.93. The van der Waals surface area contributed by atoms with Crippen LogP contribution in [0.2, 0.25) is 0 Å². The lowest BCUT2D eigenvalue weighted by atomic mass is 10.1. The highest BCUT2D eigenvalue weighted by Gasteiger charge is 2.14. The second-order valence-electron chi connectivity index (χ2n) is 5.77. The van der Waals surface area contributed by atoms with Crippen LogP contribution >= 0.6 is 0 Å². The molecule has 0 amide bonds. The average molecular weight is 397 g/mol. The number of fused-ring (bicyclic) bond motifs is 3. The summed E-state index contributed by atoms with van der Waals surface area (Å²) in [5, 5.41) is 2.36. The summed E-state index contributed by atoms with van der Waals surface area (Å²) in [5.41, 5.74) is 2.81. The number of carbonyl (C=O) groups excluding carboxylic acids is 1. The van der Waals surface area contributed by atoms with E-state index < -0.39 is 0 Å². The van der Waals surface area contributed by atoms with Gasteiger partial charge in [-0.2, -0.15) is 4.57 Å². The smallest absolute Gasteiger partial charge is 0.227 e. The predicted octanol–water partition coefficient (Wildman–Crippen LogP) is 0.504. The highest BCUT2D eigenvalue weighted by molar-refractivity contribution is 6.06. The minimum Gasteiger partial charge on any atom is -1.00 e. The lowest BCUT2D eigenvalue weighted by molar-refractivity contribution is -0.681. The Kier molecular flexibility index (Phi) is 4.86. The molecule has 4 aromatic rings. The van der Waals surface area contributed by atoms with Gasteiger partial charge in [-0.15, -0.1) is 0 Å². The van der Waals surface area contributed by atoms with Crippen molar-refractivity contribution in [1.29, 1.82) is 0 Å². The molecule has 2 aromatic carbocycles. The number of pyridine rings is 1. The summed E-state index contributed by atoms with van der Waals surface area (Å²) in [4.78, 5) is 15.8. The molecule has 0 radical (unpaired) electrons. The number of ether oxygens (including phenoxy) is 1. The van der Waals surface area contributed by atoms with Gasteiger partial charge in [-0.3, -0.25) is 4.79 Å². The van der Waals surface area contributed by atoms with Crippen LogP contribution in [0.5, 0.6) is 5.75 Å². The van der Waals surface area contributed by atoms with E-state index in [2.05, 4.69) is 23.2 Å². The van der Waals surface area contributed by atoms with Gasteiger partial charge in [0.1, 0.15) is 11.3 Å². The second-order valence-corrected chi connectivity index (χ2v) is 5.77. The van der Waals surface area contributed by atoms with Crippen LogP contribution in [0.3, 0.4) is 0 Å². The highest BCUT2D eigenvalue weighted by atomic mass is 79.9. The Morgan fingerprint density at radius 2 is 1.72 bits per heavy atom. The fraction of sp³-hybridized carbons (Fsp3) is 0.100. The number of halogens is 1. The molecule has 0 bridgehead atoms. The molecule has 0 saturated heterocycles. The molecule has 0 unspecified atom stereocenters. The third-order valence-corrected chi connectivity index (χ3v) is 4.24. The fourth-order valence-corrected chi connectivity index (χ4v) is 2.98. The van der Waals surface area contributed by atoms with Crippen molar-refractivity contribution in [3.05, 3.63) is 72.6 Å². The van der Waals surface area contributed by atoms with Gasteiger partial charge >= 0.3 is 0 Å². The summed E-state index contributed by atoms with van der Waals surface area (Å²) in [7, 11) is 1.61. The van der Waals surface area contributed by atoms with E-state index in [9.17, 15) is 4.79 Å². The molecular weight excluding hydrogens is 380 g/mol. The first-order chi connectivity index (χ1) is 11.7. The number of hydrogen-bond acceptors (Lipinski definition) is 2. The summed E-state index contributed by atoms with van der Waals surface area (Å²) in [6, 6.07) is 17.4. The quantitative estimate of drug-likeness (QED) is 0.403. The Balaban J connectivity index is 0.00000182. The van der Waals surface area contributed by atoms with Crippen molar-refractivity contribution in [2.45, 2.75) is 6.54 Å². The zero-order valence-electron chi connectivity index (χ0n) is 13.7. The molecule has 2 heterocycles. The third-order valence-electron chi connectivity index (χ3n) is 4.24. The number of para-hydroxylation sites is 1. The van der Waals surface area contributed by atoms with E-state index in [4.69, 9.17) is 4.74 Å². The zero-order valence-corrected chi connectivity index (χ0v) is 15.3. The molecule has 5 heteroatoms. The Bertz CT molecular complexity index is 1040. The minimum atomic E-state index is 0. The number of aromatic nitrogens is 2. The molecule has 0 aliphatic rings. The van der Waals surface area contributed by atoms with Crippen molar-refractivity contribution in [3.8, 4) is 5.75 Å². The normalized spacial score (nSPS) is 10.6. The average Bonchev–Trinajstić information content (AvgIpc) is 2.99. The number of nitrogens with zero attached hydrogens (tertiary/aromatic N) is 1. The predicted molar refractivity (Wildman–Crippen MR) is 93.3 cm³/mol. The van der Waals surface area contributed by atoms with Gasteiger partial charge in [-0.1, -0.05) is 18.2 Å². The van der Waals surface area contributed by atoms with E-state index in [1.165, 1.54) is 10.8 Å².